The molecule has 0 saturated heterocycles. The van der Waals surface area contributed by atoms with Gasteiger partial charge in [-0.15, -0.1) is 0 Å². The zero-order valence-electron chi connectivity index (χ0n) is 11.5. The van der Waals surface area contributed by atoms with Gasteiger partial charge >= 0.3 is 0 Å². The Hall–Kier alpha value is -1.48. The highest BCUT2D eigenvalue weighted by Gasteiger charge is 2.67. The first-order chi connectivity index (χ1) is 9.54. The molecule has 1 aromatic rings. The molecule has 1 saturated carbocycles. The molecular formula is C17H18O3. The molecule has 4 aliphatic rings. The van der Waals surface area contributed by atoms with Crippen LogP contribution in [0.4, 0.5) is 0 Å². The number of benzene rings is 1. The van der Waals surface area contributed by atoms with Gasteiger partial charge < -0.3 is 14.9 Å². The monoisotopic (exact) mass is 270 g/mol. The van der Waals surface area contributed by atoms with E-state index in [0.717, 1.165) is 12.8 Å². The Balaban J connectivity index is 1.88. The molecule has 3 aliphatic carbocycles. The van der Waals surface area contributed by atoms with Gasteiger partial charge in [0.2, 0.25) is 0 Å². The second-order valence-corrected chi connectivity index (χ2v) is 7.10. The van der Waals surface area contributed by atoms with Gasteiger partial charge in [-0.1, -0.05) is 18.2 Å². The first-order valence-corrected chi connectivity index (χ1v) is 7.48. The molecule has 2 bridgehead atoms. The van der Waals surface area contributed by atoms with E-state index in [1.165, 1.54) is 17.5 Å². The van der Waals surface area contributed by atoms with Crippen LogP contribution in [0, 0.1) is 11.8 Å². The number of phenolic OH excluding ortho intramolecular Hbond substituents is 1. The SMILES string of the molecule is C[C@@]1(O)C=CC2[C@@H]3CC[C@@]24c2c(ccc(O)c2O[C@@H]14)C3. The Labute approximate surface area is 117 Å². The van der Waals surface area contributed by atoms with E-state index in [-0.39, 0.29) is 17.3 Å². The number of ether oxygens (including phenoxy) is 1. The minimum absolute atomic E-state index is 0.120. The molecular weight excluding hydrogens is 252 g/mol. The quantitative estimate of drug-likeness (QED) is 0.711. The van der Waals surface area contributed by atoms with Crippen molar-refractivity contribution in [1.82, 2.24) is 0 Å². The third kappa shape index (κ3) is 0.986. The number of hydrogen-bond donors (Lipinski definition) is 2. The van der Waals surface area contributed by atoms with Gasteiger partial charge in [-0.25, -0.2) is 0 Å². The van der Waals surface area contributed by atoms with Crippen LogP contribution in [0.2, 0.25) is 0 Å². The maximum absolute atomic E-state index is 10.8. The van der Waals surface area contributed by atoms with Crippen LogP contribution in [0.15, 0.2) is 24.3 Å². The fourth-order valence-electron chi connectivity index (χ4n) is 5.42. The third-order valence-corrected chi connectivity index (χ3v) is 6.08. The number of aromatic hydroxyl groups is 1. The molecule has 104 valence electrons. The molecule has 0 aromatic heterocycles. The Morgan fingerprint density at radius 2 is 2.20 bits per heavy atom. The van der Waals surface area contributed by atoms with Gasteiger partial charge in [0, 0.05) is 11.0 Å². The lowest BCUT2D eigenvalue weighted by atomic mass is 9.57. The molecule has 1 aliphatic heterocycles. The summed E-state index contributed by atoms with van der Waals surface area (Å²) in [5.74, 6) is 1.94. The zero-order valence-corrected chi connectivity index (χ0v) is 11.5. The minimum atomic E-state index is -0.967. The largest absolute Gasteiger partial charge is 0.504 e. The number of rotatable bonds is 0. The molecule has 1 unspecified atom stereocenters. The van der Waals surface area contributed by atoms with Crippen LogP contribution in [-0.4, -0.2) is 21.9 Å². The first kappa shape index (κ1) is 11.2. The molecule has 3 heteroatoms. The maximum Gasteiger partial charge on any atom is 0.165 e. The lowest BCUT2D eigenvalue weighted by Crippen LogP contribution is -2.57. The summed E-state index contributed by atoms with van der Waals surface area (Å²) in [5, 5.41) is 20.9. The van der Waals surface area contributed by atoms with Crippen molar-refractivity contribution >= 4 is 0 Å². The van der Waals surface area contributed by atoms with Gasteiger partial charge in [0.15, 0.2) is 11.5 Å². The van der Waals surface area contributed by atoms with Gasteiger partial charge in [-0.05, 0) is 49.7 Å². The number of phenols is 1. The third-order valence-electron chi connectivity index (χ3n) is 6.08. The van der Waals surface area contributed by atoms with Crippen molar-refractivity contribution in [2.75, 3.05) is 0 Å². The topological polar surface area (TPSA) is 49.7 Å². The highest BCUT2D eigenvalue weighted by molar-refractivity contribution is 5.62. The highest BCUT2D eigenvalue weighted by atomic mass is 16.5. The van der Waals surface area contributed by atoms with Crippen molar-refractivity contribution in [3.63, 3.8) is 0 Å². The van der Waals surface area contributed by atoms with Crippen molar-refractivity contribution in [2.24, 2.45) is 11.8 Å². The molecule has 2 N–H and O–H groups in total. The molecule has 1 fully saturated rings. The molecule has 5 atom stereocenters. The summed E-state index contributed by atoms with van der Waals surface area (Å²) in [4.78, 5) is 0. The molecule has 5 rings (SSSR count). The van der Waals surface area contributed by atoms with Gasteiger partial charge in [0.05, 0.1) is 0 Å². The maximum atomic E-state index is 10.8. The number of allylic oxidation sites excluding steroid dienone is 1. The summed E-state index contributed by atoms with van der Waals surface area (Å²) < 4.78 is 6.12. The summed E-state index contributed by atoms with van der Waals surface area (Å²) in [6.07, 6.45) is 7.15. The van der Waals surface area contributed by atoms with Crippen molar-refractivity contribution in [1.29, 1.82) is 0 Å². The van der Waals surface area contributed by atoms with Gasteiger partial charge in [0.25, 0.3) is 0 Å². The summed E-state index contributed by atoms with van der Waals surface area (Å²) >= 11 is 0. The van der Waals surface area contributed by atoms with Gasteiger partial charge in [-0.2, -0.15) is 0 Å². The van der Waals surface area contributed by atoms with Crippen LogP contribution < -0.4 is 4.74 Å². The van der Waals surface area contributed by atoms with Crippen LogP contribution in [0.3, 0.4) is 0 Å². The lowest BCUT2D eigenvalue weighted by Gasteiger charge is -2.47. The Bertz CT molecular complexity index is 660. The average molecular weight is 270 g/mol. The highest BCUT2D eigenvalue weighted by Crippen LogP contribution is 2.67. The van der Waals surface area contributed by atoms with E-state index in [4.69, 9.17) is 4.74 Å². The summed E-state index contributed by atoms with van der Waals surface area (Å²) in [6.45, 7) is 1.82. The molecule has 0 amide bonds. The number of aliphatic hydroxyl groups is 1. The molecule has 1 spiro atoms. The molecule has 0 radical (unpaired) electrons. The normalized spacial score (nSPS) is 46.2. The van der Waals surface area contributed by atoms with E-state index in [1.807, 2.05) is 19.1 Å². The second-order valence-electron chi connectivity index (χ2n) is 7.10. The van der Waals surface area contributed by atoms with Gasteiger partial charge in [-0.3, -0.25) is 0 Å². The molecule has 1 aromatic carbocycles. The lowest BCUT2D eigenvalue weighted by molar-refractivity contribution is -0.0555. The Kier molecular flexibility index (Phi) is 1.72. The molecule has 1 heterocycles. The summed E-state index contributed by atoms with van der Waals surface area (Å²) in [5.41, 5.74) is 1.41. The standard InChI is InChI=1S/C17H18O3/c1-16(19)6-5-11-9-4-7-17(11)13-10(8-9)2-3-12(18)14(13)20-15(16)17/h2-3,5-6,9,11,15,18-19H,4,7-8H2,1H3/t9-,11?,15+,16-,17+/m1/s1. The van der Waals surface area contributed by atoms with Crippen LogP contribution in [0.25, 0.3) is 0 Å². The van der Waals surface area contributed by atoms with E-state index < -0.39 is 5.60 Å². The van der Waals surface area contributed by atoms with E-state index in [9.17, 15) is 10.2 Å². The van der Waals surface area contributed by atoms with Crippen molar-refractivity contribution < 1.29 is 14.9 Å². The van der Waals surface area contributed by atoms with E-state index in [1.54, 1.807) is 6.07 Å². The second kappa shape index (κ2) is 3.06. The molecule has 20 heavy (non-hydrogen) atoms. The molecule has 3 nitrogen and oxygen atoms in total. The summed E-state index contributed by atoms with van der Waals surface area (Å²) in [7, 11) is 0. The number of hydrogen-bond acceptors (Lipinski definition) is 3. The van der Waals surface area contributed by atoms with Crippen molar-refractivity contribution in [3.05, 3.63) is 35.4 Å². The van der Waals surface area contributed by atoms with Crippen LogP contribution in [0.5, 0.6) is 11.5 Å². The Morgan fingerprint density at radius 1 is 1.35 bits per heavy atom. The van der Waals surface area contributed by atoms with Crippen molar-refractivity contribution in [2.45, 2.75) is 43.3 Å². The first-order valence-electron chi connectivity index (χ1n) is 7.48. The average Bonchev–Trinajstić information content (AvgIpc) is 2.90. The van der Waals surface area contributed by atoms with Crippen LogP contribution >= 0.6 is 0 Å². The van der Waals surface area contributed by atoms with Gasteiger partial charge in [0.1, 0.15) is 11.7 Å². The van der Waals surface area contributed by atoms with E-state index in [2.05, 4.69) is 6.08 Å². The summed E-state index contributed by atoms with van der Waals surface area (Å²) in [6, 6.07) is 3.78. The minimum Gasteiger partial charge on any atom is -0.504 e. The zero-order chi connectivity index (χ0) is 13.7. The Morgan fingerprint density at radius 3 is 3.05 bits per heavy atom. The van der Waals surface area contributed by atoms with Crippen LogP contribution in [0.1, 0.15) is 30.9 Å². The predicted molar refractivity (Wildman–Crippen MR) is 73.9 cm³/mol. The fraction of sp³-hybridized carbons (Fsp3) is 0.529. The van der Waals surface area contributed by atoms with Crippen LogP contribution in [-0.2, 0) is 11.8 Å². The van der Waals surface area contributed by atoms with E-state index >= 15 is 0 Å². The van der Waals surface area contributed by atoms with Crippen molar-refractivity contribution in [3.8, 4) is 11.5 Å². The predicted octanol–water partition coefficient (Wildman–Crippen LogP) is 2.29. The smallest absolute Gasteiger partial charge is 0.165 e. The fourth-order valence-corrected chi connectivity index (χ4v) is 5.42. The van der Waals surface area contributed by atoms with E-state index in [0.29, 0.717) is 17.6 Å².